The zero-order chi connectivity index (χ0) is 18.0. The number of fused-ring (bicyclic) bond motifs is 1. The molecule has 128 valence electrons. The van der Waals surface area contributed by atoms with Crippen LogP contribution in [0.15, 0.2) is 46.9 Å². The van der Waals surface area contributed by atoms with Crippen molar-refractivity contribution in [1.29, 1.82) is 0 Å². The van der Waals surface area contributed by atoms with Gasteiger partial charge in [0.25, 0.3) is 5.91 Å². The van der Waals surface area contributed by atoms with Gasteiger partial charge in [0.15, 0.2) is 6.61 Å². The van der Waals surface area contributed by atoms with Crippen LogP contribution in [0.2, 0.25) is 10.0 Å². The molecular formula is C17H10BrCl2NO3S. The van der Waals surface area contributed by atoms with Crippen LogP contribution >= 0.6 is 50.5 Å². The molecule has 3 aromatic rings. The molecule has 0 unspecified atom stereocenters. The number of hydrogen-bond donors (Lipinski definition) is 1. The lowest BCUT2D eigenvalue weighted by Gasteiger charge is -2.06. The van der Waals surface area contributed by atoms with Crippen molar-refractivity contribution in [2.75, 3.05) is 11.9 Å². The molecule has 0 radical (unpaired) electrons. The number of ether oxygens (including phenoxy) is 1. The molecule has 0 atom stereocenters. The average molecular weight is 459 g/mol. The fourth-order valence-electron chi connectivity index (χ4n) is 2.10. The van der Waals surface area contributed by atoms with E-state index in [1.165, 1.54) is 11.3 Å². The van der Waals surface area contributed by atoms with Gasteiger partial charge in [-0.2, -0.15) is 0 Å². The van der Waals surface area contributed by atoms with E-state index in [1.807, 2.05) is 0 Å². The minimum absolute atomic E-state index is 0.246. The number of thiophene rings is 1. The van der Waals surface area contributed by atoms with Gasteiger partial charge < -0.3 is 10.1 Å². The SMILES string of the molecule is O=C(COC(=O)c1sc2cc(Cl)ccc2c1Cl)Nc1ccc(Br)cc1. The Balaban J connectivity index is 1.65. The Labute approximate surface area is 165 Å². The molecule has 0 spiro atoms. The van der Waals surface area contributed by atoms with Crippen LogP contribution < -0.4 is 5.32 Å². The predicted octanol–water partition coefficient (Wildman–Crippen LogP) is 5.77. The second-order valence-corrected chi connectivity index (χ2v) is 7.80. The second kappa shape index (κ2) is 7.74. The van der Waals surface area contributed by atoms with Crippen LogP contribution in [0.3, 0.4) is 0 Å². The molecule has 0 saturated carbocycles. The number of carbonyl (C=O) groups excluding carboxylic acids is 2. The van der Waals surface area contributed by atoms with Gasteiger partial charge in [0.2, 0.25) is 0 Å². The van der Waals surface area contributed by atoms with E-state index >= 15 is 0 Å². The summed E-state index contributed by atoms with van der Waals surface area (Å²) in [5, 5.41) is 4.22. The zero-order valence-electron chi connectivity index (χ0n) is 12.5. The van der Waals surface area contributed by atoms with E-state index in [1.54, 1.807) is 42.5 Å². The van der Waals surface area contributed by atoms with Crippen molar-refractivity contribution >= 4 is 78.1 Å². The lowest BCUT2D eigenvalue weighted by molar-refractivity contribution is -0.119. The summed E-state index contributed by atoms with van der Waals surface area (Å²) < 4.78 is 6.74. The summed E-state index contributed by atoms with van der Waals surface area (Å²) >= 11 is 16.7. The Morgan fingerprint density at radius 2 is 1.84 bits per heavy atom. The normalized spacial score (nSPS) is 10.7. The summed E-state index contributed by atoms with van der Waals surface area (Å²) in [6.45, 7) is -0.403. The highest BCUT2D eigenvalue weighted by Gasteiger charge is 2.19. The monoisotopic (exact) mass is 457 g/mol. The van der Waals surface area contributed by atoms with Gasteiger partial charge in [-0.3, -0.25) is 4.79 Å². The summed E-state index contributed by atoms with van der Waals surface area (Å²) in [6.07, 6.45) is 0. The summed E-state index contributed by atoms with van der Waals surface area (Å²) in [4.78, 5) is 24.3. The van der Waals surface area contributed by atoms with Gasteiger partial charge in [-0.25, -0.2) is 4.79 Å². The number of hydrogen-bond acceptors (Lipinski definition) is 4. The number of nitrogens with one attached hydrogen (secondary N) is 1. The summed E-state index contributed by atoms with van der Waals surface area (Å²) in [7, 11) is 0. The van der Waals surface area contributed by atoms with Gasteiger partial charge in [-0.05, 0) is 36.4 Å². The van der Waals surface area contributed by atoms with Crippen molar-refractivity contribution in [2.24, 2.45) is 0 Å². The van der Waals surface area contributed by atoms with Crippen LogP contribution in [-0.2, 0) is 9.53 Å². The maximum atomic E-state index is 12.2. The van der Waals surface area contributed by atoms with Crippen LogP contribution in [0, 0.1) is 0 Å². The highest BCUT2D eigenvalue weighted by molar-refractivity contribution is 9.10. The molecule has 3 rings (SSSR count). The van der Waals surface area contributed by atoms with Gasteiger partial charge in [-0.15, -0.1) is 11.3 Å². The van der Waals surface area contributed by atoms with E-state index in [9.17, 15) is 9.59 Å². The number of anilines is 1. The molecule has 1 N–H and O–H groups in total. The number of benzene rings is 2. The van der Waals surface area contributed by atoms with Gasteiger partial charge >= 0.3 is 5.97 Å². The predicted molar refractivity (Wildman–Crippen MR) is 105 cm³/mol. The number of carbonyl (C=O) groups is 2. The molecule has 1 aromatic heterocycles. The smallest absolute Gasteiger partial charge is 0.350 e. The quantitative estimate of drug-likeness (QED) is 0.505. The minimum atomic E-state index is -0.645. The van der Waals surface area contributed by atoms with Crippen LogP contribution in [0.25, 0.3) is 10.1 Å². The third kappa shape index (κ3) is 4.33. The summed E-state index contributed by atoms with van der Waals surface area (Å²) in [6, 6.07) is 12.2. The molecule has 1 heterocycles. The maximum Gasteiger partial charge on any atom is 0.350 e. The number of halogens is 3. The first-order valence-electron chi connectivity index (χ1n) is 7.04. The van der Waals surface area contributed by atoms with E-state index in [0.29, 0.717) is 15.7 Å². The van der Waals surface area contributed by atoms with Crippen LogP contribution in [0.1, 0.15) is 9.67 Å². The topological polar surface area (TPSA) is 55.4 Å². The number of rotatable bonds is 4. The lowest BCUT2D eigenvalue weighted by atomic mass is 10.2. The van der Waals surface area contributed by atoms with E-state index in [-0.39, 0.29) is 4.88 Å². The summed E-state index contributed by atoms with van der Waals surface area (Å²) in [5.41, 5.74) is 0.610. The van der Waals surface area contributed by atoms with E-state index in [2.05, 4.69) is 21.2 Å². The fraction of sp³-hybridized carbons (Fsp3) is 0.0588. The highest BCUT2D eigenvalue weighted by Crippen LogP contribution is 2.37. The van der Waals surface area contributed by atoms with E-state index < -0.39 is 18.5 Å². The van der Waals surface area contributed by atoms with Crippen molar-refractivity contribution in [3.05, 3.63) is 61.9 Å². The molecule has 4 nitrogen and oxygen atoms in total. The second-order valence-electron chi connectivity index (χ2n) is 5.02. The lowest BCUT2D eigenvalue weighted by Crippen LogP contribution is -2.20. The number of esters is 1. The van der Waals surface area contributed by atoms with E-state index in [0.717, 1.165) is 14.6 Å². The van der Waals surface area contributed by atoms with Gasteiger partial charge in [0.05, 0.1) is 5.02 Å². The minimum Gasteiger partial charge on any atom is -0.451 e. The first-order chi connectivity index (χ1) is 11.9. The first kappa shape index (κ1) is 18.2. The van der Waals surface area contributed by atoms with Crippen molar-refractivity contribution in [3.8, 4) is 0 Å². The fourth-order valence-corrected chi connectivity index (χ4v) is 4.04. The Hall–Kier alpha value is -1.60. The van der Waals surface area contributed by atoms with Crippen LogP contribution in [0.5, 0.6) is 0 Å². The zero-order valence-corrected chi connectivity index (χ0v) is 16.4. The van der Waals surface area contributed by atoms with Crippen LogP contribution in [0.4, 0.5) is 5.69 Å². The van der Waals surface area contributed by atoms with Gasteiger partial charge in [0, 0.05) is 25.3 Å². The van der Waals surface area contributed by atoms with Crippen molar-refractivity contribution < 1.29 is 14.3 Å². The molecule has 2 aromatic carbocycles. The molecule has 0 aliphatic carbocycles. The molecule has 0 saturated heterocycles. The Bertz CT molecular complexity index is 956. The van der Waals surface area contributed by atoms with Gasteiger partial charge in [-0.1, -0.05) is 45.2 Å². The van der Waals surface area contributed by atoms with Crippen molar-refractivity contribution in [3.63, 3.8) is 0 Å². The largest absolute Gasteiger partial charge is 0.451 e. The summed E-state index contributed by atoms with van der Waals surface area (Å²) in [5.74, 6) is -1.08. The van der Waals surface area contributed by atoms with Crippen molar-refractivity contribution in [1.82, 2.24) is 0 Å². The molecule has 25 heavy (non-hydrogen) atoms. The van der Waals surface area contributed by atoms with Crippen LogP contribution in [-0.4, -0.2) is 18.5 Å². The van der Waals surface area contributed by atoms with Crippen molar-refractivity contribution in [2.45, 2.75) is 0 Å². The Kier molecular flexibility index (Phi) is 5.64. The molecule has 1 amide bonds. The standard InChI is InChI=1S/C17H10BrCl2NO3S/c18-9-1-4-11(5-2-9)21-14(22)8-24-17(23)16-15(20)12-6-3-10(19)7-13(12)25-16/h1-7H,8H2,(H,21,22). The van der Waals surface area contributed by atoms with Gasteiger partial charge in [0.1, 0.15) is 4.88 Å². The third-order valence-corrected chi connectivity index (χ3v) is 5.64. The Morgan fingerprint density at radius 1 is 1.12 bits per heavy atom. The molecule has 0 bridgehead atoms. The van der Waals surface area contributed by atoms with E-state index in [4.69, 9.17) is 27.9 Å². The number of amides is 1. The molecule has 0 fully saturated rings. The first-order valence-corrected chi connectivity index (χ1v) is 9.40. The Morgan fingerprint density at radius 3 is 2.56 bits per heavy atom. The molecule has 0 aliphatic rings. The maximum absolute atomic E-state index is 12.2. The third-order valence-electron chi connectivity index (χ3n) is 3.24. The molecule has 0 aliphatic heterocycles. The average Bonchev–Trinajstić information content (AvgIpc) is 2.91. The molecule has 8 heteroatoms. The highest BCUT2D eigenvalue weighted by atomic mass is 79.9. The molecular weight excluding hydrogens is 449 g/mol.